The Morgan fingerprint density at radius 1 is 1.15 bits per heavy atom. The third-order valence-corrected chi connectivity index (χ3v) is 5.66. The predicted molar refractivity (Wildman–Crippen MR) is 89.4 cm³/mol. The van der Waals surface area contributed by atoms with E-state index in [-0.39, 0.29) is 11.3 Å². The van der Waals surface area contributed by atoms with Gasteiger partial charge in [-0.3, -0.25) is 4.21 Å². The summed E-state index contributed by atoms with van der Waals surface area (Å²) in [7, 11) is -0.784. The van der Waals surface area contributed by atoms with Gasteiger partial charge in [0.1, 0.15) is 0 Å². The lowest BCUT2D eigenvalue weighted by Gasteiger charge is -2.28. The summed E-state index contributed by atoms with van der Waals surface area (Å²) in [4.78, 5) is 0. The number of hydrogen-bond donors (Lipinski definition) is 1. The van der Waals surface area contributed by atoms with Crippen molar-refractivity contribution in [3.05, 3.63) is 35.9 Å². The molecule has 1 aromatic carbocycles. The summed E-state index contributed by atoms with van der Waals surface area (Å²) in [5.41, 5.74) is 1.25. The minimum Gasteiger partial charge on any atom is -0.309 e. The highest BCUT2D eigenvalue weighted by molar-refractivity contribution is 7.85. The Balaban J connectivity index is 2.92. The average Bonchev–Trinajstić information content (AvgIpc) is 2.43. The molecular formula is C17H29NOS. The Bertz CT molecular complexity index is 391. The van der Waals surface area contributed by atoms with E-state index in [0.29, 0.717) is 5.92 Å². The van der Waals surface area contributed by atoms with E-state index in [1.807, 2.05) is 6.07 Å². The lowest BCUT2D eigenvalue weighted by molar-refractivity contribution is 0.493. The molecule has 0 aromatic heterocycles. The van der Waals surface area contributed by atoms with Gasteiger partial charge in [-0.15, -0.1) is 0 Å². The number of hydrogen-bond acceptors (Lipinski definition) is 2. The molecule has 3 atom stereocenters. The lowest BCUT2D eigenvalue weighted by Crippen LogP contribution is -2.36. The molecule has 0 saturated carbocycles. The fourth-order valence-electron chi connectivity index (χ4n) is 2.45. The van der Waals surface area contributed by atoms with Gasteiger partial charge in [0.15, 0.2) is 0 Å². The van der Waals surface area contributed by atoms with E-state index in [4.69, 9.17) is 0 Å². The Morgan fingerprint density at radius 3 is 2.30 bits per heavy atom. The zero-order valence-corrected chi connectivity index (χ0v) is 14.1. The van der Waals surface area contributed by atoms with Crippen molar-refractivity contribution in [2.45, 2.75) is 51.8 Å². The van der Waals surface area contributed by atoms with Crippen molar-refractivity contribution in [1.29, 1.82) is 0 Å². The largest absolute Gasteiger partial charge is 0.309 e. The van der Waals surface area contributed by atoms with Crippen molar-refractivity contribution in [3.8, 4) is 0 Å². The smallest absolute Gasteiger partial charge is 0.0540 e. The van der Waals surface area contributed by atoms with Gasteiger partial charge in [-0.25, -0.2) is 0 Å². The van der Waals surface area contributed by atoms with Crippen LogP contribution in [-0.2, 0) is 10.8 Å². The lowest BCUT2D eigenvalue weighted by atomic mass is 10.0. The minimum absolute atomic E-state index is 0.186. The predicted octanol–water partition coefficient (Wildman–Crippen LogP) is 3.91. The third kappa shape index (κ3) is 5.37. The molecule has 0 heterocycles. The van der Waals surface area contributed by atoms with Crippen LogP contribution in [0.3, 0.4) is 0 Å². The van der Waals surface area contributed by atoms with Gasteiger partial charge in [0.05, 0.1) is 5.25 Å². The molecule has 1 aromatic rings. The summed E-state index contributed by atoms with van der Waals surface area (Å²) in [6.07, 6.45) is 2.03. The standard InChI is InChI=1S/C17H29NOS/c1-5-12-18-17(15-10-8-7-9-11-15)16(6-2)20(19)13-14(3)4/h7-11,14,16-18H,5-6,12-13H2,1-4H3. The average molecular weight is 295 g/mol. The van der Waals surface area contributed by atoms with Crippen LogP contribution in [-0.4, -0.2) is 21.8 Å². The van der Waals surface area contributed by atoms with Gasteiger partial charge in [0, 0.05) is 22.6 Å². The summed E-state index contributed by atoms with van der Waals surface area (Å²) >= 11 is 0. The van der Waals surface area contributed by atoms with Crippen molar-refractivity contribution in [3.63, 3.8) is 0 Å². The van der Waals surface area contributed by atoms with E-state index in [1.165, 1.54) is 5.56 Å². The van der Waals surface area contributed by atoms with Crippen LogP contribution in [0.4, 0.5) is 0 Å². The highest BCUT2D eigenvalue weighted by Crippen LogP contribution is 2.24. The Kier molecular flexibility index (Phi) is 8.08. The van der Waals surface area contributed by atoms with Crippen LogP contribution >= 0.6 is 0 Å². The van der Waals surface area contributed by atoms with Crippen molar-refractivity contribution in [2.24, 2.45) is 5.92 Å². The van der Waals surface area contributed by atoms with E-state index in [0.717, 1.165) is 25.1 Å². The van der Waals surface area contributed by atoms with E-state index in [9.17, 15) is 4.21 Å². The molecule has 114 valence electrons. The molecule has 2 nitrogen and oxygen atoms in total. The molecule has 0 spiro atoms. The minimum atomic E-state index is -0.784. The normalized spacial score (nSPS) is 16.1. The van der Waals surface area contributed by atoms with Gasteiger partial charge >= 0.3 is 0 Å². The van der Waals surface area contributed by atoms with Gasteiger partial charge in [-0.05, 0) is 30.9 Å². The quantitative estimate of drug-likeness (QED) is 0.748. The maximum Gasteiger partial charge on any atom is 0.0540 e. The van der Waals surface area contributed by atoms with Crippen molar-refractivity contribution < 1.29 is 4.21 Å². The maximum absolute atomic E-state index is 12.6. The van der Waals surface area contributed by atoms with E-state index in [2.05, 4.69) is 57.3 Å². The monoisotopic (exact) mass is 295 g/mol. The first-order valence-electron chi connectivity index (χ1n) is 7.75. The Morgan fingerprint density at radius 2 is 1.80 bits per heavy atom. The molecule has 0 aliphatic rings. The highest BCUT2D eigenvalue weighted by atomic mass is 32.2. The second-order valence-electron chi connectivity index (χ2n) is 5.73. The molecular weight excluding hydrogens is 266 g/mol. The molecule has 1 rings (SSSR count). The number of nitrogens with one attached hydrogen (secondary N) is 1. The van der Waals surface area contributed by atoms with Crippen LogP contribution in [0, 0.1) is 5.92 Å². The maximum atomic E-state index is 12.6. The van der Waals surface area contributed by atoms with Gasteiger partial charge in [0.25, 0.3) is 0 Å². The first-order valence-corrected chi connectivity index (χ1v) is 9.13. The van der Waals surface area contributed by atoms with Crippen molar-refractivity contribution in [2.75, 3.05) is 12.3 Å². The molecule has 20 heavy (non-hydrogen) atoms. The zero-order chi connectivity index (χ0) is 15.0. The van der Waals surface area contributed by atoms with E-state index in [1.54, 1.807) is 0 Å². The summed E-state index contributed by atoms with van der Waals surface area (Å²) in [6, 6.07) is 10.6. The molecule has 3 heteroatoms. The SMILES string of the molecule is CCCNC(c1ccccc1)C(CC)S(=O)CC(C)C. The molecule has 0 aliphatic carbocycles. The second kappa shape index (κ2) is 9.30. The number of rotatable bonds is 9. The van der Waals surface area contributed by atoms with Crippen LogP contribution in [0.2, 0.25) is 0 Å². The fraction of sp³-hybridized carbons (Fsp3) is 0.647. The van der Waals surface area contributed by atoms with Crippen LogP contribution in [0.1, 0.15) is 52.1 Å². The van der Waals surface area contributed by atoms with Crippen LogP contribution in [0.25, 0.3) is 0 Å². The van der Waals surface area contributed by atoms with Crippen molar-refractivity contribution in [1.82, 2.24) is 5.32 Å². The molecule has 0 bridgehead atoms. The van der Waals surface area contributed by atoms with Crippen LogP contribution < -0.4 is 5.32 Å². The highest BCUT2D eigenvalue weighted by Gasteiger charge is 2.26. The second-order valence-corrected chi connectivity index (χ2v) is 7.43. The summed E-state index contributed by atoms with van der Waals surface area (Å²) in [6.45, 7) is 9.56. The third-order valence-electron chi connectivity index (χ3n) is 3.38. The molecule has 3 unspecified atom stereocenters. The Hall–Kier alpha value is -0.670. The Labute approximate surface area is 126 Å². The fourth-order valence-corrected chi connectivity index (χ4v) is 4.28. The summed E-state index contributed by atoms with van der Waals surface area (Å²) in [5, 5.41) is 3.78. The van der Waals surface area contributed by atoms with Gasteiger partial charge in [-0.2, -0.15) is 0 Å². The molecule has 0 amide bonds. The first-order chi connectivity index (χ1) is 9.60. The summed E-state index contributed by atoms with van der Waals surface area (Å²) < 4.78 is 12.6. The van der Waals surface area contributed by atoms with Crippen molar-refractivity contribution >= 4 is 10.8 Å². The summed E-state index contributed by atoms with van der Waals surface area (Å²) in [5.74, 6) is 1.27. The molecule has 0 saturated heterocycles. The molecule has 0 fully saturated rings. The van der Waals surface area contributed by atoms with E-state index >= 15 is 0 Å². The van der Waals surface area contributed by atoms with Gasteiger partial charge in [0.2, 0.25) is 0 Å². The number of benzene rings is 1. The van der Waals surface area contributed by atoms with Gasteiger partial charge in [-0.1, -0.05) is 58.0 Å². The molecule has 1 N–H and O–H groups in total. The molecule has 0 radical (unpaired) electrons. The van der Waals surface area contributed by atoms with Gasteiger partial charge < -0.3 is 5.32 Å². The van der Waals surface area contributed by atoms with E-state index < -0.39 is 10.8 Å². The zero-order valence-electron chi connectivity index (χ0n) is 13.3. The van der Waals surface area contributed by atoms with Crippen LogP contribution in [0.5, 0.6) is 0 Å². The molecule has 0 aliphatic heterocycles. The first kappa shape index (κ1) is 17.4. The van der Waals surface area contributed by atoms with Crippen LogP contribution in [0.15, 0.2) is 30.3 Å². The topological polar surface area (TPSA) is 29.1 Å².